The maximum atomic E-state index is 12.4. The first kappa shape index (κ1) is 17.4. The molecule has 0 aliphatic carbocycles. The van der Waals surface area contributed by atoms with Gasteiger partial charge in [0.25, 0.3) is 0 Å². The number of anilines is 1. The molecule has 0 unspecified atom stereocenters. The molecule has 1 rings (SSSR count). The third-order valence-electron chi connectivity index (χ3n) is 3.05. The minimum absolute atomic E-state index is 0.0130. The first-order valence-corrected chi connectivity index (χ1v) is 7.50. The number of aryl methyl sites for hydroxylation is 1. The fraction of sp³-hybridized carbons (Fsp3) is 0.500. The van der Waals surface area contributed by atoms with Crippen molar-refractivity contribution in [2.75, 3.05) is 4.90 Å². The zero-order chi connectivity index (χ0) is 16.2. The molecule has 5 heteroatoms. The molecule has 0 aromatic heterocycles. The van der Waals surface area contributed by atoms with Crippen LogP contribution in [0.15, 0.2) is 24.3 Å². The van der Waals surface area contributed by atoms with Crippen LogP contribution in [0.4, 0.5) is 5.69 Å². The number of nitrogens with two attached hydrogens (primary N) is 1. The lowest BCUT2D eigenvalue weighted by atomic mass is 10.0. The zero-order valence-corrected chi connectivity index (χ0v) is 14.1. The molecule has 0 heterocycles. The number of nitrogens with zero attached hydrogens (tertiary/aromatic N) is 1. The molecule has 0 fully saturated rings. The quantitative estimate of drug-likeness (QED) is 0.669. The van der Waals surface area contributed by atoms with Crippen molar-refractivity contribution in [3.63, 3.8) is 0 Å². The van der Waals surface area contributed by atoms with E-state index in [1.165, 1.54) is 0 Å². The number of hydrogen-bond acceptors (Lipinski definition) is 3. The predicted molar refractivity (Wildman–Crippen MR) is 90.3 cm³/mol. The average Bonchev–Trinajstić information content (AvgIpc) is 2.35. The Morgan fingerprint density at radius 1 is 1.19 bits per heavy atom. The van der Waals surface area contributed by atoms with Gasteiger partial charge in [-0.15, -0.1) is 0 Å². The van der Waals surface area contributed by atoms with Crippen molar-refractivity contribution in [2.45, 2.75) is 46.8 Å². The second-order valence-electron chi connectivity index (χ2n) is 5.72. The normalized spacial score (nSPS) is 12.3. The topological polar surface area (TPSA) is 55.6 Å². The van der Waals surface area contributed by atoms with Crippen LogP contribution in [0, 0.1) is 12.8 Å². The van der Waals surface area contributed by atoms with Gasteiger partial charge < -0.3 is 15.4 Å². The van der Waals surface area contributed by atoms with Gasteiger partial charge in [0.15, 0.2) is 5.11 Å². The van der Waals surface area contributed by atoms with Crippen molar-refractivity contribution in [1.82, 2.24) is 0 Å². The standard InChI is InChI=1S/C16H24N2O2S/c1-10(2)14(15(19)20-11(3)4)18(16(17)21)13-8-6-12(5)7-9-13/h6-11,14H,1-5H3,(H2,17,21)/t14-/m0/s1. The van der Waals surface area contributed by atoms with Gasteiger partial charge in [0.05, 0.1) is 6.10 Å². The summed E-state index contributed by atoms with van der Waals surface area (Å²) in [5, 5.41) is 0.165. The number of ether oxygens (including phenoxy) is 1. The van der Waals surface area contributed by atoms with Gasteiger partial charge in [-0.05, 0) is 51.0 Å². The van der Waals surface area contributed by atoms with E-state index in [1.807, 2.05) is 58.9 Å². The van der Waals surface area contributed by atoms with E-state index in [9.17, 15) is 4.79 Å². The molecule has 21 heavy (non-hydrogen) atoms. The lowest BCUT2D eigenvalue weighted by Gasteiger charge is -2.33. The summed E-state index contributed by atoms with van der Waals surface area (Å²) < 4.78 is 5.35. The van der Waals surface area contributed by atoms with Crippen molar-refractivity contribution >= 4 is 29.0 Å². The van der Waals surface area contributed by atoms with Crippen LogP contribution in [0.25, 0.3) is 0 Å². The van der Waals surface area contributed by atoms with E-state index in [1.54, 1.807) is 4.90 Å². The van der Waals surface area contributed by atoms with E-state index in [2.05, 4.69) is 0 Å². The number of rotatable bonds is 5. The molecular formula is C16H24N2O2S. The summed E-state index contributed by atoms with van der Waals surface area (Å²) in [7, 11) is 0. The summed E-state index contributed by atoms with van der Waals surface area (Å²) in [6.07, 6.45) is -0.176. The van der Waals surface area contributed by atoms with E-state index >= 15 is 0 Å². The van der Waals surface area contributed by atoms with Crippen LogP contribution in [0.3, 0.4) is 0 Å². The maximum absolute atomic E-state index is 12.4. The van der Waals surface area contributed by atoms with Gasteiger partial charge in [0, 0.05) is 5.69 Å². The van der Waals surface area contributed by atoms with Gasteiger partial charge in [0.1, 0.15) is 6.04 Å². The van der Waals surface area contributed by atoms with E-state index < -0.39 is 6.04 Å². The summed E-state index contributed by atoms with van der Waals surface area (Å²) >= 11 is 5.16. The molecule has 0 saturated heterocycles. The Morgan fingerprint density at radius 2 is 1.71 bits per heavy atom. The Morgan fingerprint density at radius 3 is 2.10 bits per heavy atom. The Kier molecular flexibility index (Phi) is 6.15. The highest BCUT2D eigenvalue weighted by molar-refractivity contribution is 7.80. The highest BCUT2D eigenvalue weighted by Gasteiger charge is 2.33. The van der Waals surface area contributed by atoms with E-state index in [-0.39, 0.29) is 23.1 Å². The van der Waals surface area contributed by atoms with Crippen LogP contribution in [0.2, 0.25) is 0 Å². The molecule has 0 aliphatic heterocycles. The van der Waals surface area contributed by atoms with Gasteiger partial charge in [-0.3, -0.25) is 0 Å². The molecular weight excluding hydrogens is 284 g/mol. The fourth-order valence-electron chi connectivity index (χ4n) is 2.11. The van der Waals surface area contributed by atoms with Crippen LogP contribution in [0.1, 0.15) is 33.3 Å². The van der Waals surface area contributed by atoms with Crippen LogP contribution in [-0.4, -0.2) is 23.2 Å². The van der Waals surface area contributed by atoms with Crippen LogP contribution < -0.4 is 10.6 Å². The second kappa shape index (κ2) is 7.41. The molecule has 0 bridgehead atoms. The molecule has 0 spiro atoms. The van der Waals surface area contributed by atoms with Gasteiger partial charge in [0.2, 0.25) is 0 Å². The maximum Gasteiger partial charge on any atom is 0.329 e. The Labute approximate surface area is 132 Å². The molecule has 1 atom stereocenters. The van der Waals surface area contributed by atoms with Crippen LogP contribution in [0.5, 0.6) is 0 Å². The Hall–Kier alpha value is -1.62. The van der Waals surface area contributed by atoms with Gasteiger partial charge in [-0.25, -0.2) is 4.79 Å². The molecule has 0 saturated carbocycles. The first-order chi connectivity index (χ1) is 9.73. The van der Waals surface area contributed by atoms with E-state index in [0.717, 1.165) is 11.3 Å². The second-order valence-corrected chi connectivity index (χ2v) is 6.14. The number of carbonyl (C=O) groups excluding carboxylic acids is 1. The van der Waals surface area contributed by atoms with Crippen molar-refractivity contribution in [3.8, 4) is 0 Å². The fourth-order valence-corrected chi connectivity index (χ4v) is 2.33. The van der Waals surface area contributed by atoms with Crippen molar-refractivity contribution < 1.29 is 9.53 Å². The lowest BCUT2D eigenvalue weighted by Crippen LogP contribution is -2.51. The predicted octanol–water partition coefficient (Wildman–Crippen LogP) is 3.02. The molecule has 0 radical (unpaired) electrons. The minimum atomic E-state index is -0.535. The van der Waals surface area contributed by atoms with Crippen LogP contribution >= 0.6 is 12.2 Å². The third kappa shape index (κ3) is 4.70. The van der Waals surface area contributed by atoms with Crippen LogP contribution in [-0.2, 0) is 9.53 Å². The average molecular weight is 308 g/mol. The molecule has 0 amide bonds. The molecule has 1 aromatic rings. The van der Waals surface area contributed by atoms with Crippen molar-refractivity contribution in [1.29, 1.82) is 0 Å². The summed E-state index contributed by atoms with van der Waals surface area (Å²) in [6.45, 7) is 9.55. The monoisotopic (exact) mass is 308 g/mol. The first-order valence-electron chi connectivity index (χ1n) is 7.09. The summed E-state index contributed by atoms with van der Waals surface area (Å²) in [5.74, 6) is -0.299. The van der Waals surface area contributed by atoms with Crippen molar-refractivity contribution in [3.05, 3.63) is 29.8 Å². The van der Waals surface area contributed by atoms with E-state index in [4.69, 9.17) is 22.7 Å². The largest absolute Gasteiger partial charge is 0.461 e. The van der Waals surface area contributed by atoms with Gasteiger partial charge in [-0.2, -0.15) is 0 Å². The number of benzene rings is 1. The zero-order valence-electron chi connectivity index (χ0n) is 13.3. The van der Waals surface area contributed by atoms with Gasteiger partial charge >= 0.3 is 5.97 Å². The lowest BCUT2D eigenvalue weighted by molar-refractivity contribution is -0.149. The Balaban J connectivity index is 3.18. The number of esters is 1. The van der Waals surface area contributed by atoms with Crippen molar-refractivity contribution in [2.24, 2.45) is 11.7 Å². The number of hydrogen-bond donors (Lipinski definition) is 1. The molecule has 0 aliphatic rings. The molecule has 1 aromatic carbocycles. The Bertz CT molecular complexity index is 498. The third-order valence-corrected chi connectivity index (χ3v) is 3.25. The number of carbonyl (C=O) groups is 1. The van der Waals surface area contributed by atoms with Gasteiger partial charge in [-0.1, -0.05) is 31.5 Å². The smallest absolute Gasteiger partial charge is 0.329 e. The summed E-state index contributed by atoms with van der Waals surface area (Å²) in [6, 6.07) is 7.21. The van der Waals surface area contributed by atoms with E-state index in [0.29, 0.717) is 0 Å². The molecule has 4 nitrogen and oxygen atoms in total. The molecule has 116 valence electrons. The minimum Gasteiger partial charge on any atom is -0.461 e. The highest BCUT2D eigenvalue weighted by Crippen LogP contribution is 2.23. The summed E-state index contributed by atoms with van der Waals surface area (Å²) in [4.78, 5) is 14.1. The SMILES string of the molecule is Cc1ccc(N(C(N)=S)[C@H](C(=O)OC(C)C)C(C)C)cc1. The number of thiocarbonyl (C=S) groups is 1. The highest BCUT2D eigenvalue weighted by atomic mass is 32.1. The summed E-state index contributed by atoms with van der Waals surface area (Å²) in [5.41, 5.74) is 7.79. The molecule has 2 N–H and O–H groups in total.